The Morgan fingerprint density at radius 3 is 2.80 bits per heavy atom. The van der Waals surface area contributed by atoms with Gasteiger partial charge in [-0.2, -0.15) is 5.10 Å². The first-order chi connectivity index (χ1) is 9.58. The molecule has 0 aliphatic rings. The molecule has 0 aliphatic heterocycles. The Labute approximate surface area is 122 Å². The van der Waals surface area contributed by atoms with Gasteiger partial charge in [-0.15, -0.1) is 11.3 Å². The van der Waals surface area contributed by atoms with Crippen molar-refractivity contribution in [3.05, 3.63) is 33.8 Å². The molecule has 0 saturated heterocycles. The molecule has 3 N–H and O–H groups in total. The lowest BCUT2D eigenvalue weighted by Crippen LogP contribution is -2.30. The number of nitrogens with two attached hydrogens (primary N) is 1. The fourth-order valence-corrected chi connectivity index (χ4v) is 3.08. The third-order valence-electron chi connectivity index (χ3n) is 3.31. The third-order valence-corrected chi connectivity index (χ3v) is 4.30. The van der Waals surface area contributed by atoms with Gasteiger partial charge in [0.15, 0.2) is 0 Å². The van der Waals surface area contributed by atoms with Crippen molar-refractivity contribution < 1.29 is 4.79 Å². The van der Waals surface area contributed by atoms with Crippen molar-refractivity contribution >= 4 is 22.9 Å². The monoisotopic (exact) mass is 292 g/mol. The van der Waals surface area contributed by atoms with Crippen molar-refractivity contribution in [2.45, 2.75) is 32.7 Å². The summed E-state index contributed by atoms with van der Waals surface area (Å²) in [7, 11) is 1.75. The van der Waals surface area contributed by atoms with Crippen molar-refractivity contribution in [1.82, 2.24) is 15.1 Å². The number of carbonyl (C=O) groups excluding carboxylic acids is 1. The van der Waals surface area contributed by atoms with Crippen LogP contribution in [0.5, 0.6) is 0 Å². The second-order valence-electron chi connectivity index (χ2n) is 4.64. The topological polar surface area (TPSA) is 72.9 Å². The quantitative estimate of drug-likeness (QED) is 0.889. The van der Waals surface area contributed by atoms with Gasteiger partial charge < -0.3 is 11.1 Å². The van der Waals surface area contributed by atoms with E-state index in [2.05, 4.69) is 17.3 Å². The molecule has 2 heterocycles. The van der Waals surface area contributed by atoms with Crippen LogP contribution in [0.4, 0.5) is 5.69 Å². The molecule has 0 aromatic carbocycles. The lowest BCUT2D eigenvalue weighted by Gasteiger charge is -2.15. The molecule has 1 unspecified atom stereocenters. The van der Waals surface area contributed by atoms with Gasteiger partial charge in [0.05, 0.1) is 17.4 Å². The average Bonchev–Trinajstić information content (AvgIpc) is 3.04. The zero-order valence-corrected chi connectivity index (χ0v) is 12.8. The van der Waals surface area contributed by atoms with Gasteiger partial charge >= 0.3 is 0 Å². The summed E-state index contributed by atoms with van der Waals surface area (Å²) in [6.45, 7) is 4.02. The molecule has 0 saturated carbocycles. The van der Waals surface area contributed by atoms with Gasteiger partial charge in [0, 0.05) is 11.9 Å². The van der Waals surface area contributed by atoms with E-state index in [1.54, 1.807) is 23.1 Å². The number of nitrogens with zero attached hydrogens (tertiary/aromatic N) is 2. The van der Waals surface area contributed by atoms with Crippen LogP contribution >= 0.6 is 11.3 Å². The molecular formula is C14H20N4OS. The Balaban J connectivity index is 2.22. The Morgan fingerprint density at radius 2 is 2.30 bits per heavy atom. The second kappa shape index (κ2) is 6.09. The molecule has 0 spiro atoms. The number of thiophene rings is 1. The highest BCUT2D eigenvalue weighted by Gasteiger charge is 2.22. The standard InChI is InChI=1S/C14H20N4OS/c1-4-9(11-7-6-8-20-11)16-14(19)13-12(15)10(5-2)17-18(13)3/h6-9H,4-5,15H2,1-3H3,(H,16,19). The second-order valence-corrected chi connectivity index (χ2v) is 5.62. The number of carbonyl (C=O) groups is 1. The van der Waals surface area contributed by atoms with Crippen LogP contribution in [0.3, 0.4) is 0 Å². The van der Waals surface area contributed by atoms with Gasteiger partial charge in [-0.25, -0.2) is 0 Å². The Morgan fingerprint density at radius 1 is 1.55 bits per heavy atom. The maximum atomic E-state index is 12.4. The summed E-state index contributed by atoms with van der Waals surface area (Å²) in [5.41, 5.74) is 7.70. The van der Waals surface area contributed by atoms with E-state index in [9.17, 15) is 4.79 Å². The zero-order valence-electron chi connectivity index (χ0n) is 12.0. The van der Waals surface area contributed by atoms with Gasteiger partial charge in [-0.05, 0) is 24.3 Å². The number of nitrogen functional groups attached to an aromatic ring is 1. The number of anilines is 1. The average molecular weight is 292 g/mol. The molecule has 6 heteroatoms. The fraction of sp³-hybridized carbons (Fsp3) is 0.429. The largest absolute Gasteiger partial charge is 0.395 e. The van der Waals surface area contributed by atoms with E-state index in [0.717, 1.165) is 23.4 Å². The molecule has 2 rings (SSSR count). The number of nitrogens with one attached hydrogen (secondary N) is 1. The highest BCUT2D eigenvalue weighted by Crippen LogP contribution is 2.23. The molecule has 108 valence electrons. The summed E-state index contributed by atoms with van der Waals surface area (Å²) in [4.78, 5) is 13.6. The minimum absolute atomic E-state index is 0.0156. The Kier molecular flexibility index (Phi) is 4.44. The maximum Gasteiger partial charge on any atom is 0.272 e. The predicted molar refractivity (Wildman–Crippen MR) is 81.8 cm³/mol. The third kappa shape index (κ3) is 2.70. The molecule has 5 nitrogen and oxygen atoms in total. The SMILES string of the molecule is CCc1nn(C)c(C(=O)NC(CC)c2cccs2)c1N. The van der Waals surface area contributed by atoms with Crippen molar-refractivity contribution in [3.63, 3.8) is 0 Å². The van der Waals surface area contributed by atoms with Crippen LogP contribution in [0.1, 0.15) is 47.4 Å². The van der Waals surface area contributed by atoms with E-state index in [0.29, 0.717) is 11.4 Å². The zero-order chi connectivity index (χ0) is 14.7. The molecule has 0 radical (unpaired) electrons. The van der Waals surface area contributed by atoms with Crippen molar-refractivity contribution in [2.24, 2.45) is 7.05 Å². The lowest BCUT2D eigenvalue weighted by molar-refractivity contribution is 0.0927. The van der Waals surface area contributed by atoms with Crippen LogP contribution in [0, 0.1) is 0 Å². The molecule has 1 atom stereocenters. The molecule has 1 amide bonds. The summed E-state index contributed by atoms with van der Waals surface area (Å²) >= 11 is 1.64. The minimum Gasteiger partial charge on any atom is -0.395 e. The van der Waals surface area contributed by atoms with Crippen LogP contribution in [0.25, 0.3) is 0 Å². The van der Waals surface area contributed by atoms with Gasteiger partial charge in [-0.3, -0.25) is 9.48 Å². The van der Waals surface area contributed by atoms with Crippen LogP contribution in [-0.4, -0.2) is 15.7 Å². The molecule has 2 aromatic heterocycles. The van der Waals surface area contributed by atoms with Gasteiger partial charge in [0.2, 0.25) is 0 Å². The highest BCUT2D eigenvalue weighted by atomic mass is 32.1. The Bertz CT molecular complexity index is 589. The van der Waals surface area contributed by atoms with Crippen molar-refractivity contribution in [1.29, 1.82) is 0 Å². The number of amides is 1. The van der Waals surface area contributed by atoms with E-state index in [4.69, 9.17) is 5.73 Å². The number of hydrogen-bond acceptors (Lipinski definition) is 4. The van der Waals surface area contributed by atoms with Crippen LogP contribution in [-0.2, 0) is 13.5 Å². The first-order valence-electron chi connectivity index (χ1n) is 6.74. The number of hydrogen-bond donors (Lipinski definition) is 2. The molecule has 2 aromatic rings. The summed E-state index contributed by atoms with van der Waals surface area (Å²) in [5.74, 6) is -0.169. The van der Waals surface area contributed by atoms with Crippen LogP contribution in [0.15, 0.2) is 17.5 Å². The lowest BCUT2D eigenvalue weighted by atomic mass is 10.1. The van der Waals surface area contributed by atoms with Crippen molar-refractivity contribution in [3.8, 4) is 0 Å². The summed E-state index contributed by atoms with van der Waals surface area (Å²) in [6.07, 6.45) is 1.56. The first-order valence-corrected chi connectivity index (χ1v) is 7.62. The van der Waals surface area contributed by atoms with E-state index < -0.39 is 0 Å². The smallest absolute Gasteiger partial charge is 0.272 e. The molecule has 20 heavy (non-hydrogen) atoms. The molecule has 0 aliphatic carbocycles. The molecule has 0 fully saturated rings. The number of rotatable bonds is 5. The number of aryl methyl sites for hydroxylation is 2. The van der Waals surface area contributed by atoms with Gasteiger partial charge in [0.1, 0.15) is 5.69 Å². The molecule has 0 bridgehead atoms. The van der Waals surface area contributed by atoms with E-state index in [1.165, 1.54) is 0 Å². The highest BCUT2D eigenvalue weighted by molar-refractivity contribution is 7.10. The van der Waals surface area contributed by atoms with E-state index >= 15 is 0 Å². The van der Waals surface area contributed by atoms with Crippen molar-refractivity contribution in [2.75, 3.05) is 5.73 Å². The molecular weight excluding hydrogens is 272 g/mol. The summed E-state index contributed by atoms with van der Waals surface area (Å²) in [5, 5.41) is 9.33. The Hall–Kier alpha value is -1.82. The van der Waals surface area contributed by atoms with Crippen LogP contribution in [0.2, 0.25) is 0 Å². The predicted octanol–water partition coefficient (Wildman–Crippen LogP) is 2.51. The van der Waals surface area contributed by atoms with E-state index in [-0.39, 0.29) is 11.9 Å². The fourth-order valence-electron chi connectivity index (χ4n) is 2.22. The van der Waals surface area contributed by atoms with E-state index in [1.807, 2.05) is 24.4 Å². The van der Waals surface area contributed by atoms with Gasteiger partial charge in [-0.1, -0.05) is 19.9 Å². The van der Waals surface area contributed by atoms with Crippen LogP contribution < -0.4 is 11.1 Å². The summed E-state index contributed by atoms with van der Waals surface area (Å²) in [6, 6.07) is 4.04. The minimum atomic E-state index is -0.169. The number of aromatic nitrogens is 2. The maximum absolute atomic E-state index is 12.4. The van der Waals surface area contributed by atoms with Gasteiger partial charge in [0.25, 0.3) is 5.91 Å². The summed E-state index contributed by atoms with van der Waals surface area (Å²) < 4.78 is 1.56. The first kappa shape index (κ1) is 14.6. The normalized spacial score (nSPS) is 12.3.